The van der Waals surface area contributed by atoms with E-state index in [1.165, 1.54) is 7.11 Å². The summed E-state index contributed by atoms with van der Waals surface area (Å²) in [6.07, 6.45) is 0. The quantitative estimate of drug-likeness (QED) is 0.911. The Morgan fingerprint density at radius 1 is 1.44 bits per heavy atom. The Balaban J connectivity index is 0.00000162. The van der Waals surface area contributed by atoms with E-state index in [9.17, 15) is 5.11 Å². The van der Waals surface area contributed by atoms with Crippen LogP contribution in [0.15, 0.2) is 29.6 Å². The second-order valence-corrected chi connectivity index (χ2v) is 4.93. The van der Waals surface area contributed by atoms with Gasteiger partial charge in [-0.15, -0.1) is 23.7 Å². The van der Waals surface area contributed by atoms with Crippen molar-refractivity contribution in [3.05, 3.63) is 45.1 Å². The monoisotopic (exact) mass is 305 g/mol. The summed E-state index contributed by atoms with van der Waals surface area (Å²) >= 11 is 7.50. The van der Waals surface area contributed by atoms with E-state index in [2.05, 4.69) is 0 Å². The van der Waals surface area contributed by atoms with Crippen molar-refractivity contribution in [2.75, 3.05) is 7.11 Å². The molecule has 18 heavy (non-hydrogen) atoms. The minimum atomic E-state index is -0.262. The number of aromatic hydroxyl groups is 1. The first-order valence-corrected chi connectivity index (χ1v) is 6.24. The predicted octanol–water partition coefficient (Wildman–Crippen LogP) is 3.59. The predicted molar refractivity (Wildman–Crippen MR) is 77.3 cm³/mol. The number of hydrogen-bond donors (Lipinski definition) is 2. The van der Waals surface area contributed by atoms with Crippen molar-refractivity contribution in [2.24, 2.45) is 5.73 Å². The molecule has 0 bridgehead atoms. The van der Waals surface area contributed by atoms with E-state index in [1.54, 1.807) is 23.5 Å². The maximum atomic E-state index is 9.64. The zero-order valence-corrected chi connectivity index (χ0v) is 12.0. The number of nitrogens with two attached hydrogens (primary N) is 1. The first-order chi connectivity index (χ1) is 8.13. The summed E-state index contributed by atoms with van der Waals surface area (Å²) in [5.41, 5.74) is 6.93. The second kappa shape index (κ2) is 6.29. The summed E-state index contributed by atoms with van der Waals surface area (Å²) in [6, 6.07) is 7.00. The van der Waals surface area contributed by atoms with E-state index in [0.29, 0.717) is 5.75 Å². The molecule has 1 heterocycles. The number of rotatable bonds is 3. The first-order valence-electron chi connectivity index (χ1n) is 4.99. The van der Waals surface area contributed by atoms with Crippen LogP contribution >= 0.6 is 35.3 Å². The lowest BCUT2D eigenvalue weighted by Crippen LogP contribution is -2.10. The molecular formula is C12H13Cl2NO2S. The largest absolute Gasteiger partial charge is 0.503 e. The van der Waals surface area contributed by atoms with Gasteiger partial charge in [-0.3, -0.25) is 0 Å². The number of halogens is 2. The molecule has 98 valence electrons. The number of benzene rings is 1. The smallest absolute Gasteiger partial charge is 0.176 e. The van der Waals surface area contributed by atoms with Crippen LogP contribution in [0.2, 0.25) is 5.02 Å². The second-order valence-electron chi connectivity index (χ2n) is 3.55. The zero-order valence-electron chi connectivity index (χ0n) is 9.59. The normalized spacial score (nSPS) is 11.7. The van der Waals surface area contributed by atoms with Gasteiger partial charge in [0.15, 0.2) is 11.5 Å². The Bertz CT molecular complexity index is 517. The van der Waals surface area contributed by atoms with Gasteiger partial charge in [-0.25, -0.2) is 0 Å². The van der Waals surface area contributed by atoms with Crippen molar-refractivity contribution in [1.82, 2.24) is 0 Å². The van der Waals surface area contributed by atoms with E-state index in [1.807, 2.05) is 17.5 Å². The average molecular weight is 306 g/mol. The van der Waals surface area contributed by atoms with Gasteiger partial charge in [0.2, 0.25) is 0 Å². The van der Waals surface area contributed by atoms with E-state index >= 15 is 0 Å². The number of ether oxygens (including phenoxy) is 1. The fourth-order valence-electron chi connectivity index (χ4n) is 1.56. The topological polar surface area (TPSA) is 55.5 Å². The molecule has 1 aromatic heterocycles. The fraction of sp³-hybridized carbons (Fsp3) is 0.167. The molecule has 0 saturated heterocycles. The Kier molecular flexibility index (Phi) is 5.28. The summed E-state index contributed by atoms with van der Waals surface area (Å²) in [4.78, 5) is 1.04. The highest BCUT2D eigenvalue weighted by atomic mass is 35.5. The van der Waals surface area contributed by atoms with Crippen LogP contribution in [-0.2, 0) is 0 Å². The van der Waals surface area contributed by atoms with Gasteiger partial charge >= 0.3 is 0 Å². The van der Waals surface area contributed by atoms with Gasteiger partial charge in [-0.2, -0.15) is 0 Å². The summed E-state index contributed by atoms with van der Waals surface area (Å²) < 4.78 is 5.05. The Labute approximate surface area is 121 Å². The third-order valence-corrected chi connectivity index (χ3v) is 3.72. The molecule has 3 nitrogen and oxygen atoms in total. The Morgan fingerprint density at radius 2 is 2.17 bits per heavy atom. The molecule has 0 unspecified atom stereocenters. The zero-order chi connectivity index (χ0) is 12.4. The van der Waals surface area contributed by atoms with Crippen LogP contribution in [0.3, 0.4) is 0 Å². The number of phenolic OH excluding ortho intramolecular Hbond substituents is 1. The van der Waals surface area contributed by atoms with Crippen LogP contribution in [0.1, 0.15) is 16.5 Å². The standard InChI is InChI=1S/C12H12ClNO2S.ClH/c1-16-9-6-7(5-8(13)12(9)15)11(14)10-3-2-4-17-10;/h2-6,11,15H,14H2,1H3;1H/t11-;/m1./s1. The van der Waals surface area contributed by atoms with Crippen molar-refractivity contribution in [2.45, 2.75) is 6.04 Å². The van der Waals surface area contributed by atoms with Gasteiger partial charge in [0.25, 0.3) is 0 Å². The van der Waals surface area contributed by atoms with Crippen molar-refractivity contribution >= 4 is 35.3 Å². The van der Waals surface area contributed by atoms with Gasteiger partial charge < -0.3 is 15.6 Å². The summed E-state index contributed by atoms with van der Waals surface area (Å²) in [5.74, 6) is 0.274. The Morgan fingerprint density at radius 3 is 2.72 bits per heavy atom. The van der Waals surface area contributed by atoms with E-state index in [4.69, 9.17) is 22.1 Å². The third kappa shape index (κ3) is 2.90. The van der Waals surface area contributed by atoms with E-state index < -0.39 is 0 Å². The van der Waals surface area contributed by atoms with Gasteiger partial charge in [0.05, 0.1) is 18.2 Å². The molecule has 0 radical (unpaired) electrons. The fourth-order valence-corrected chi connectivity index (χ4v) is 2.53. The lowest BCUT2D eigenvalue weighted by molar-refractivity contribution is 0.373. The van der Waals surface area contributed by atoms with Crippen LogP contribution in [0, 0.1) is 0 Å². The molecule has 1 aromatic carbocycles. The van der Waals surface area contributed by atoms with Crippen LogP contribution in [-0.4, -0.2) is 12.2 Å². The van der Waals surface area contributed by atoms with Crippen LogP contribution in [0.4, 0.5) is 0 Å². The summed E-state index contributed by atoms with van der Waals surface area (Å²) in [6.45, 7) is 0. The van der Waals surface area contributed by atoms with Crippen LogP contribution < -0.4 is 10.5 Å². The van der Waals surface area contributed by atoms with Crippen LogP contribution in [0.5, 0.6) is 11.5 Å². The first kappa shape index (κ1) is 15.1. The highest BCUT2D eigenvalue weighted by molar-refractivity contribution is 7.10. The molecule has 0 saturated carbocycles. The van der Waals surface area contributed by atoms with Crippen molar-refractivity contribution in [3.8, 4) is 11.5 Å². The van der Waals surface area contributed by atoms with Crippen molar-refractivity contribution < 1.29 is 9.84 Å². The molecule has 2 rings (SSSR count). The molecule has 3 N–H and O–H groups in total. The van der Waals surface area contributed by atoms with Crippen LogP contribution in [0.25, 0.3) is 0 Å². The van der Waals surface area contributed by atoms with E-state index in [0.717, 1.165) is 10.4 Å². The highest BCUT2D eigenvalue weighted by Crippen LogP contribution is 2.37. The Hall–Kier alpha value is -0.940. The summed E-state index contributed by atoms with van der Waals surface area (Å²) in [5, 5.41) is 11.8. The maximum absolute atomic E-state index is 9.64. The number of thiophene rings is 1. The average Bonchev–Trinajstić information content (AvgIpc) is 2.85. The van der Waals surface area contributed by atoms with Gasteiger partial charge in [0, 0.05) is 4.88 Å². The van der Waals surface area contributed by atoms with Gasteiger partial charge in [0.1, 0.15) is 0 Å². The molecule has 0 fully saturated rings. The number of hydrogen-bond acceptors (Lipinski definition) is 4. The molecule has 1 atom stereocenters. The molecule has 2 aromatic rings. The molecule has 0 aliphatic carbocycles. The van der Waals surface area contributed by atoms with Gasteiger partial charge in [-0.1, -0.05) is 17.7 Å². The molecule has 0 amide bonds. The number of methoxy groups -OCH3 is 1. The lowest BCUT2D eigenvalue weighted by atomic mass is 10.1. The highest BCUT2D eigenvalue weighted by Gasteiger charge is 2.15. The maximum Gasteiger partial charge on any atom is 0.176 e. The summed E-state index contributed by atoms with van der Waals surface area (Å²) in [7, 11) is 1.48. The lowest BCUT2D eigenvalue weighted by Gasteiger charge is -2.13. The molecule has 0 spiro atoms. The van der Waals surface area contributed by atoms with Gasteiger partial charge in [-0.05, 0) is 29.1 Å². The minimum Gasteiger partial charge on any atom is -0.503 e. The molecular weight excluding hydrogens is 293 g/mol. The van der Waals surface area contributed by atoms with Crippen molar-refractivity contribution in [1.29, 1.82) is 0 Å². The SMILES string of the molecule is COc1cc([C@@H](N)c2cccs2)cc(Cl)c1O.Cl. The molecule has 6 heteroatoms. The molecule has 0 aliphatic rings. The number of phenols is 1. The minimum absolute atomic E-state index is 0. The van der Waals surface area contributed by atoms with E-state index in [-0.39, 0.29) is 29.2 Å². The van der Waals surface area contributed by atoms with Crippen molar-refractivity contribution in [3.63, 3.8) is 0 Å². The third-order valence-electron chi connectivity index (χ3n) is 2.48. The molecule has 0 aliphatic heterocycles.